The second-order valence-electron chi connectivity index (χ2n) is 7.43. The van der Waals surface area contributed by atoms with Crippen LogP contribution < -0.4 is 24.8 Å². The Bertz CT molecular complexity index is 1070. The molecule has 0 radical (unpaired) electrons. The number of hydrogen-bond donors (Lipinski definition) is 0. The van der Waals surface area contributed by atoms with Gasteiger partial charge in [0.05, 0.1) is 0 Å². The third-order valence-electron chi connectivity index (χ3n) is 5.62. The summed E-state index contributed by atoms with van der Waals surface area (Å²) < 4.78 is 4.80. The van der Waals surface area contributed by atoms with E-state index >= 15 is 0 Å². The van der Waals surface area contributed by atoms with Crippen molar-refractivity contribution in [3.8, 4) is 0 Å². The fourth-order valence-electron chi connectivity index (χ4n) is 4.29. The molecule has 1 nitrogen and oxygen atoms in total. The second kappa shape index (κ2) is 9.65. The molecule has 29 heavy (non-hydrogen) atoms. The van der Waals surface area contributed by atoms with Crippen LogP contribution in [0.15, 0.2) is 81.9 Å². The smallest absolute Gasteiger partial charge is 1.00 e. The number of hydrogen-bond acceptors (Lipinski definition) is 0. The Morgan fingerprint density at radius 1 is 0.966 bits per heavy atom. The van der Waals surface area contributed by atoms with E-state index in [1.165, 1.54) is 41.3 Å². The predicted octanol–water partition coefficient (Wildman–Crippen LogP) is 0.799. The van der Waals surface area contributed by atoms with Crippen LogP contribution in [0.3, 0.4) is 0 Å². The summed E-state index contributed by atoms with van der Waals surface area (Å²) >= 11 is -0.756. The first-order chi connectivity index (χ1) is 13.3. The Morgan fingerprint density at radius 2 is 1.66 bits per heavy atom. The maximum absolute atomic E-state index is 2.43. The van der Waals surface area contributed by atoms with Gasteiger partial charge in [-0.1, -0.05) is 0 Å². The standard InChI is InChI=1S/C17H12N.C8H11.2ClH.Zr/c1-2-6-14-10-17(9-13(14)5-1)18-11-15-7-3-4-8-16(15)12-18;1-2-5-8-6-3-4-7-8;;;/h1-12H;3,6H,2,4-5H2,1H3;2*1H;/q;;;;+2/p-2. The average Bonchev–Trinajstić information content (AvgIpc) is 3.40. The minimum absolute atomic E-state index is 0. The topological polar surface area (TPSA) is 4.93 Å². The van der Waals surface area contributed by atoms with Crippen LogP contribution in [0, 0.1) is 0 Å². The summed E-state index contributed by atoms with van der Waals surface area (Å²) in [5.41, 5.74) is 6.09. The molecular weight excluding hydrogens is 476 g/mol. The van der Waals surface area contributed by atoms with Crippen molar-refractivity contribution in [2.45, 2.75) is 29.8 Å². The number of fused-ring (bicyclic) bond motifs is 2. The maximum Gasteiger partial charge on any atom is -1.00 e. The Labute approximate surface area is 197 Å². The summed E-state index contributed by atoms with van der Waals surface area (Å²) in [6, 6.07) is 17.7. The van der Waals surface area contributed by atoms with Crippen molar-refractivity contribution in [3.05, 3.63) is 93.1 Å². The zero-order valence-corrected chi connectivity index (χ0v) is 20.4. The summed E-state index contributed by atoms with van der Waals surface area (Å²) in [5.74, 6) is 0. The van der Waals surface area contributed by atoms with Gasteiger partial charge in [-0.05, 0) is 0 Å². The van der Waals surface area contributed by atoms with Gasteiger partial charge in [-0.15, -0.1) is 0 Å². The fraction of sp³-hybridized carbons (Fsp3) is 0.200. The first-order valence-corrected chi connectivity index (χ1v) is 12.5. The molecule has 0 N–H and O–H groups in total. The van der Waals surface area contributed by atoms with Crippen molar-refractivity contribution in [3.63, 3.8) is 0 Å². The molecule has 0 spiro atoms. The zero-order valence-electron chi connectivity index (χ0n) is 16.4. The van der Waals surface area contributed by atoms with Crippen LogP contribution >= 0.6 is 0 Å². The summed E-state index contributed by atoms with van der Waals surface area (Å²) in [6.45, 7) is 2.30. The Balaban J connectivity index is 0.00000120. The quantitative estimate of drug-likeness (QED) is 0.490. The van der Waals surface area contributed by atoms with Gasteiger partial charge in [-0.3, -0.25) is 0 Å². The largest absolute Gasteiger partial charge is 1.00 e. The number of allylic oxidation sites excluding steroid dienone is 5. The monoisotopic (exact) mass is 497 g/mol. The normalized spacial score (nSPS) is 16.9. The Kier molecular flexibility index (Phi) is 7.44. The van der Waals surface area contributed by atoms with Crippen LogP contribution in [-0.4, -0.2) is 4.57 Å². The molecule has 2 aromatic carbocycles. The molecule has 1 heterocycles. The molecule has 1 unspecified atom stereocenters. The van der Waals surface area contributed by atoms with E-state index in [2.05, 4.69) is 90.6 Å². The molecule has 146 valence electrons. The molecule has 0 saturated carbocycles. The number of rotatable bonds is 5. The van der Waals surface area contributed by atoms with E-state index in [1.807, 2.05) is 0 Å². The molecule has 0 bridgehead atoms. The first kappa shape index (κ1) is 22.4. The minimum Gasteiger partial charge on any atom is -1.00 e. The van der Waals surface area contributed by atoms with Crippen molar-refractivity contribution in [2.75, 3.05) is 0 Å². The van der Waals surface area contributed by atoms with E-state index in [1.54, 1.807) is 14.4 Å². The molecular formula is C25H23Cl2NZr. The predicted molar refractivity (Wildman–Crippen MR) is 111 cm³/mol. The summed E-state index contributed by atoms with van der Waals surface area (Å²) in [4.78, 5) is 0. The fourth-order valence-corrected chi connectivity index (χ4v) is 8.66. The van der Waals surface area contributed by atoms with Gasteiger partial charge in [-0.2, -0.15) is 0 Å². The maximum atomic E-state index is 2.43. The van der Waals surface area contributed by atoms with E-state index in [0.29, 0.717) is 3.63 Å². The van der Waals surface area contributed by atoms with Gasteiger partial charge in [0.2, 0.25) is 0 Å². The third kappa shape index (κ3) is 4.27. The van der Waals surface area contributed by atoms with Crippen molar-refractivity contribution < 1.29 is 48.0 Å². The van der Waals surface area contributed by atoms with Gasteiger partial charge in [0, 0.05) is 0 Å². The van der Waals surface area contributed by atoms with Gasteiger partial charge in [0.1, 0.15) is 0 Å². The molecule has 5 rings (SSSR count). The molecule has 1 atom stereocenters. The van der Waals surface area contributed by atoms with Crippen molar-refractivity contribution in [1.82, 2.24) is 4.57 Å². The van der Waals surface area contributed by atoms with E-state index < -0.39 is 23.2 Å². The molecule has 0 amide bonds. The molecule has 4 heteroatoms. The van der Waals surface area contributed by atoms with Crippen LogP contribution in [-0.2, 0) is 23.2 Å². The summed E-state index contributed by atoms with van der Waals surface area (Å²) in [5, 5.41) is 2.65. The molecule has 0 saturated heterocycles. The van der Waals surface area contributed by atoms with Crippen molar-refractivity contribution in [2.24, 2.45) is 0 Å². The van der Waals surface area contributed by atoms with Crippen LogP contribution in [0.4, 0.5) is 0 Å². The van der Waals surface area contributed by atoms with Gasteiger partial charge in [-0.25, -0.2) is 0 Å². The SMILES string of the molecule is CCCC1=[C]([Zr+2][CH]2C(n3cc4ccccc4c3)=Cc3ccccc32)CC=C1.[Cl-].[Cl-]. The number of benzene rings is 2. The molecule has 2 aliphatic carbocycles. The molecule has 3 aromatic rings. The second-order valence-corrected chi connectivity index (χ2v) is 11.0. The molecule has 2 aliphatic rings. The van der Waals surface area contributed by atoms with Gasteiger partial charge >= 0.3 is 173 Å². The van der Waals surface area contributed by atoms with Crippen LogP contribution in [0.1, 0.15) is 40.9 Å². The summed E-state index contributed by atoms with van der Waals surface area (Å²) in [7, 11) is 0. The first-order valence-electron chi connectivity index (χ1n) is 9.86. The van der Waals surface area contributed by atoms with Gasteiger partial charge in [0.15, 0.2) is 0 Å². The van der Waals surface area contributed by atoms with Crippen molar-refractivity contribution in [1.29, 1.82) is 0 Å². The minimum atomic E-state index is -0.756. The van der Waals surface area contributed by atoms with E-state index in [-0.39, 0.29) is 24.8 Å². The molecule has 1 aromatic heterocycles. The molecule has 0 aliphatic heterocycles. The number of aromatic nitrogens is 1. The zero-order chi connectivity index (χ0) is 18.2. The van der Waals surface area contributed by atoms with Crippen LogP contribution in [0.5, 0.6) is 0 Å². The van der Waals surface area contributed by atoms with Gasteiger partial charge in [0.25, 0.3) is 0 Å². The van der Waals surface area contributed by atoms with E-state index in [4.69, 9.17) is 0 Å². The third-order valence-corrected chi connectivity index (χ3v) is 9.97. The van der Waals surface area contributed by atoms with Crippen LogP contribution in [0.2, 0.25) is 0 Å². The Morgan fingerprint density at radius 3 is 2.38 bits per heavy atom. The summed E-state index contributed by atoms with van der Waals surface area (Å²) in [6.07, 6.45) is 15.5. The number of halogens is 2. The number of nitrogens with zero attached hydrogens (tertiary/aromatic N) is 1. The molecule has 0 fully saturated rings. The van der Waals surface area contributed by atoms with Crippen LogP contribution in [0.25, 0.3) is 22.5 Å². The van der Waals surface area contributed by atoms with E-state index in [0.717, 1.165) is 0 Å². The van der Waals surface area contributed by atoms with Gasteiger partial charge < -0.3 is 24.8 Å². The average molecular weight is 500 g/mol. The van der Waals surface area contributed by atoms with Crippen molar-refractivity contribution >= 4 is 22.5 Å². The Hall–Kier alpha value is -1.34. The van der Waals surface area contributed by atoms with E-state index in [9.17, 15) is 0 Å².